The standard InChI is InChI=1S/C14H19NO2/c1-2-17-14(16)13-9-12(10-15-13)8-11-6-4-3-5-7-11/h3-7,12-13,15H,2,8-10H2,1H3. The number of esters is 1. The molecule has 0 bridgehead atoms. The first-order valence-corrected chi connectivity index (χ1v) is 6.23. The Morgan fingerprint density at radius 3 is 2.88 bits per heavy atom. The lowest BCUT2D eigenvalue weighted by molar-refractivity contribution is -0.145. The molecular formula is C14H19NO2. The molecule has 1 aromatic rings. The molecule has 2 rings (SSSR count). The molecule has 0 aliphatic carbocycles. The lowest BCUT2D eigenvalue weighted by atomic mass is 9.97. The van der Waals surface area contributed by atoms with Crippen LogP contribution in [0, 0.1) is 5.92 Å². The number of rotatable bonds is 4. The smallest absolute Gasteiger partial charge is 0.323 e. The third kappa shape index (κ3) is 3.30. The van der Waals surface area contributed by atoms with Crippen LogP contribution in [0.1, 0.15) is 18.9 Å². The average Bonchev–Trinajstić information content (AvgIpc) is 2.79. The van der Waals surface area contributed by atoms with Crippen molar-refractivity contribution in [3.63, 3.8) is 0 Å². The Kier molecular flexibility index (Phi) is 4.15. The first-order valence-electron chi connectivity index (χ1n) is 6.23. The summed E-state index contributed by atoms with van der Waals surface area (Å²) in [6.07, 6.45) is 1.91. The molecule has 1 aliphatic heterocycles. The fourth-order valence-corrected chi connectivity index (χ4v) is 2.33. The predicted octanol–water partition coefficient (Wildman–Crippen LogP) is 1.77. The van der Waals surface area contributed by atoms with Crippen molar-refractivity contribution < 1.29 is 9.53 Å². The third-order valence-corrected chi connectivity index (χ3v) is 3.16. The lowest BCUT2D eigenvalue weighted by Gasteiger charge is -2.09. The molecule has 1 aliphatic rings. The van der Waals surface area contributed by atoms with Crippen LogP contribution in [0.3, 0.4) is 0 Å². The van der Waals surface area contributed by atoms with Gasteiger partial charge in [0.05, 0.1) is 6.61 Å². The van der Waals surface area contributed by atoms with Gasteiger partial charge in [-0.1, -0.05) is 30.3 Å². The predicted molar refractivity (Wildman–Crippen MR) is 66.7 cm³/mol. The number of hydrogen-bond donors (Lipinski definition) is 1. The number of nitrogens with one attached hydrogen (secondary N) is 1. The van der Waals surface area contributed by atoms with Crippen molar-refractivity contribution in [2.45, 2.75) is 25.8 Å². The summed E-state index contributed by atoms with van der Waals surface area (Å²) in [6.45, 7) is 3.20. The van der Waals surface area contributed by atoms with Gasteiger partial charge >= 0.3 is 5.97 Å². The first kappa shape index (κ1) is 12.1. The van der Waals surface area contributed by atoms with E-state index >= 15 is 0 Å². The van der Waals surface area contributed by atoms with Crippen LogP contribution in [-0.2, 0) is 16.0 Å². The zero-order chi connectivity index (χ0) is 12.1. The minimum absolute atomic E-state index is 0.108. The number of hydrogen-bond acceptors (Lipinski definition) is 3. The molecule has 1 aromatic carbocycles. The minimum Gasteiger partial charge on any atom is -0.465 e. The molecule has 0 aromatic heterocycles. The lowest BCUT2D eigenvalue weighted by Crippen LogP contribution is -2.32. The zero-order valence-corrected chi connectivity index (χ0v) is 10.2. The maximum atomic E-state index is 11.6. The molecule has 1 saturated heterocycles. The molecule has 0 radical (unpaired) electrons. The molecule has 17 heavy (non-hydrogen) atoms. The number of benzene rings is 1. The van der Waals surface area contributed by atoms with E-state index in [1.807, 2.05) is 13.0 Å². The van der Waals surface area contributed by atoms with E-state index in [1.165, 1.54) is 5.56 Å². The maximum Gasteiger partial charge on any atom is 0.323 e. The van der Waals surface area contributed by atoms with E-state index in [-0.39, 0.29) is 12.0 Å². The van der Waals surface area contributed by atoms with Crippen LogP contribution in [0.2, 0.25) is 0 Å². The van der Waals surface area contributed by atoms with Crippen LogP contribution in [0.25, 0.3) is 0 Å². The van der Waals surface area contributed by atoms with Crippen LogP contribution < -0.4 is 5.32 Å². The van der Waals surface area contributed by atoms with Crippen LogP contribution >= 0.6 is 0 Å². The van der Waals surface area contributed by atoms with Gasteiger partial charge in [0.15, 0.2) is 0 Å². The van der Waals surface area contributed by atoms with Crippen LogP contribution in [0.5, 0.6) is 0 Å². The molecule has 3 nitrogen and oxygen atoms in total. The van der Waals surface area contributed by atoms with Crippen molar-refractivity contribution in [2.75, 3.05) is 13.2 Å². The summed E-state index contributed by atoms with van der Waals surface area (Å²) < 4.78 is 5.02. The molecule has 0 amide bonds. The van der Waals surface area contributed by atoms with Crippen molar-refractivity contribution in [1.82, 2.24) is 5.32 Å². The van der Waals surface area contributed by atoms with Crippen molar-refractivity contribution in [3.8, 4) is 0 Å². The Bertz CT molecular complexity index is 364. The van der Waals surface area contributed by atoms with Gasteiger partial charge in [-0.25, -0.2) is 0 Å². The van der Waals surface area contributed by atoms with Crippen molar-refractivity contribution >= 4 is 5.97 Å². The largest absolute Gasteiger partial charge is 0.465 e. The summed E-state index contributed by atoms with van der Waals surface area (Å²) in [7, 11) is 0. The van der Waals surface area contributed by atoms with Gasteiger partial charge in [-0.3, -0.25) is 4.79 Å². The fourth-order valence-electron chi connectivity index (χ4n) is 2.33. The second-order valence-corrected chi connectivity index (χ2v) is 4.50. The summed E-state index contributed by atoms with van der Waals surface area (Å²) in [5.41, 5.74) is 1.34. The summed E-state index contributed by atoms with van der Waals surface area (Å²) in [4.78, 5) is 11.6. The van der Waals surface area contributed by atoms with Gasteiger partial charge in [-0.2, -0.15) is 0 Å². The van der Waals surface area contributed by atoms with Gasteiger partial charge in [0.2, 0.25) is 0 Å². The van der Waals surface area contributed by atoms with Crippen molar-refractivity contribution in [1.29, 1.82) is 0 Å². The SMILES string of the molecule is CCOC(=O)C1CC(Cc2ccccc2)CN1. The minimum atomic E-state index is -0.108. The van der Waals surface area contributed by atoms with Gasteiger partial charge in [0.25, 0.3) is 0 Å². The highest BCUT2D eigenvalue weighted by Gasteiger charge is 2.30. The Hall–Kier alpha value is -1.35. The highest BCUT2D eigenvalue weighted by molar-refractivity contribution is 5.76. The van der Waals surface area contributed by atoms with Gasteiger partial charge in [-0.15, -0.1) is 0 Å². The number of carbonyl (C=O) groups is 1. The Morgan fingerprint density at radius 1 is 1.41 bits per heavy atom. The van der Waals surface area contributed by atoms with E-state index in [9.17, 15) is 4.79 Å². The quantitative estimate of drug-likeness (QED) is 0.805. The molecule has 1 fully saturated rings. The van der Waals surface area contributed by atoms with Gasteiger partial charge in [0, 0.05) is 0 Å². The average molecular weight is 233 g/mol. The van der Waals surface area contributed by atoms with Crippen molar-refractivity contribution in [2.24, 2.45) is 5.92 Å². The maximum absolute atomic E-state index is 11.6. The van der Waals surface area contributed by atoms with E-state index in [1.54, 1.807) is 0 Å². The summed E-state index contributed by atoms with van der Waals surface area (Å²) in [5, 5.41) is 3.24. The molecule has 2 atom stereocenters. The number of ether oxygens (including phenoxy) is 1. The van der Waals surface area contributed by atoms with Gasteiger partial charge < -0.3 is 10.1 Å². The van der Waals surface area contributed by atoms with E-state index in [2.05, 4.69) is 29.6 Å². The molecule has 0 spiro atoms. The van der Waals surface area contributed by atoms with Crippen LogP contribution in [-0.4, -0.2) is 25.2 Å². The van der Waals surface area contributed by atoms with Crippen LogP contribution in [0.15, 0.2) is 30.3 Å². The second-order valence-electron chi connectivity index (χ2n) is 4.50. The van der Waals surface area contributed by atoms with Gasteiger partial charge in [-0.05, 0) is 37.8 Å². The highest BCUT2D eigenvalue weighted by atomic mass is 16.5. The molecule has 2 unspecified atom stereocenters. The molecule has 1 N–H and O–H groups in total. The number of carbonyl (C=O) groups excluding carboxylic acids is 1. The summed E-state index contributed by atoms with van der Waals surface area (Å²) in [5.74, 6) is 0.426. The molecule has 1 heterocycles. The van der Waals surface area contributed by atoms with Crippen LogP contribution in [0.4, 0.5) is 0 Å². The second kappa shape index (κ2) is 5.82. The molecule has 92 valence electrons. The van der Waals surface area contributed by atoms with E-state index in [0.717, 1.165) is 19.4 Å². The topological polar surface area (TPSA) is 38.3 Å². The highest BCUT2D eigenvalue weighted by Crippen LogP contribution is 2.19. The Morgan fingerprint density at radius 2 is 2.18 bits per heavy atom. The van der Waals surface area contributed by atoms with E-state index in [0.29, 0.717) is 12.5 Å². The fraction of sp³-hybridized carbons (Fsp3) is 0.500. The molecular weight excluding hydrogens is 214 g/mol. The first-order chi connectivity index (χ1) is 8.29. The molecule has 0 saturated carbocycles. The summed E-state index contributed by atoms with van der Waals surface area (Å²) in [6, 6.07) is 10.3. The van der Waals surface area contributed by atoms with E-state index < -0.39 is 0 Å². The normalized spacial score (nSPS) is 23.6. The zero-order valence-electron chi connectivity index (χ0n) is 10.2. The Balaban J connectivity index is 1.84. The van der Waals surface area contributed by atoms with Gasteiger partial charge in [0.1, 0.15) is 6.04 Å². The van der Waals surface area contributed by atoms with E-state index in [4.69, 9.17) is 4.74 Å². The summed E-state index contributed by atoms with van der Waals surface area (Å²) >= 11 is 0. The third-order valence-electron chi connectivity index (χ3n) is 3.16. The Labute approximate surface area is 102 Å². The van der Waals surface area contributed by atoms with Crippen molar-refractivity contribution in [3.05, 3.63) is 35.9 Å². The molecule has 3 heteroatoms. The monoisotopic (exact) mass is 233 g/mol.